The third-order valence-corrected chi connectivity index (χ3v) is 4.62. The van der Waals surface area contributed by atoms with E-state index in [0.717, 1.165) is 18.6 Å². The Labute approximate surface area is 111 Å². The van der Waals surface area contributed by atoms with Gasteiger partial charge >= 0.3 is 0 Å². The maximum Gasteiger partial charge on any atom is 0.147 e. The van der Waals surface area contributed by atoms with E-state index in [9.17, 15) is 9.18 Å². The summed E-state index contributed by atoms with van der Waals surface area (Å²) in [4.78, 5) is 11.8. The summed E-state index contributed by atoms with van der Waals surface area (Å²) in [7, 11) is 0. The SMILES string of the molecule is CC1OCCC1SCC(=O)Cc1ccc(F)cc1. The van der Waals surface area contributed by atoms with Crippen molar-refractivity contribution in [1.82, 2.24) is 0 Å². The Morgan fingerprint density at radius 1 is 1.44 bits per heavy atom. The standard InChI is InChI=1S/C14H17FO2S/c1-10-14(6-7-17-10)18-9-13(16)8-11-2-4-12(15)5-3-11/h2-5,10,14H,6-9H2,1H3. The van der Waals surface area contributed by atoms with E-state index in [1.807, 2.05) is 0 Å². The molecule has 98 valence electrons. The fourth-order valence-corrected chi connectivity index (χ4v) is 3.13. The quantitative estimate of drug-likeness (QED) is 0.821. The first-order chi connectivity index (χ1) is 8.65. The van der Waals surface area contributed by atoms with Crippen LogP contribution in [0.3, 0.4) is 0 Å². The van der Waals surface area contributed by atoms with Crippen LogP contribution in [0.15, 0.2) is 24.3 Å². The topological polar surface area (TPSA) is 26.3 Å². The minimum Gasteiger partial charge on any atom is -0.377 e. The van der Waals surface area contributed by atoms with E-state index in [1.54, 1.807) is 23.9 Å². The van der Waals surface area contributed by atoms with Crippen molar-refractivity contribution in [3.8, 4) is 0 Å². The van der Waals surface area contributed by atoms with E-state index in [4.69, 9.17) is 4.74 Å². The van der Waals surface area contributed by atoms with Crippen molar-refractivity contribution in [3.05, 3.63) is 35.6 Å². The zero-order valence-corrected chi connectivity index (χ0v) is 11.2. The molecule has 2 atom stereocenters. The molecule has 0 spiro atoms. The minimum atomic E-state index is -0.266. The Hall–Kier alpha value is -0.870. The molecule has 1 aliphatic heterocycles. The van der Waals surface area contributed by atoms with E-state index in [1.165, 1.54) is 12.1 Å². The molecular formula is C14H17FO2S. The lowest BCUT2D eigenvalue weighted by atomic mass is 10.1. The molecule has 0 N–H and O–H groups in total. The van der Waals surface area contributed by atoms with Gasteiger partial charge in [-0.05, 0) is 31.0 Å². The maximum atomic E-state index is 12.7. The second-order valence-corrected chi connectivity index (χ2v) is 5.78. The third-order valence-electron chi connectivity index (χ3n) is 3.08. The molecule has 4 heteroatoms. The van der Waals surface area contributed by atoms with E-state index >= 15 is 0 Å². The van der Waals surface area contributed by atoms with Gasteiger partial charge in [0.2, 0.25) is 0 Å². The van der Waals surface area contributed by atoms with E-state index < -0.39 is 0 Å². The van der Waals surface area contributed by atoms with Gasteiger partial charge in [0.1, 0.15) is 11.6 Å². The molecule has 1 saturated heterocycles. The Balaban J connectivity index is 1.76. The van der Waals surface area contributed by atoms with Crippen molar-refractivity contribution in [1.29, 1.82) is 0 Å². The molecule has 0 amide bonds. The highest BCUT2D eigenvalue weighted by Gasteiger charge is 2.25. The highest BCUT2D eigenvalue weighted by atomic mass is 32.2. The summed E-state index contributed by atoms with van der Waals surface area (Å²) < 4.78 is 18.2. The molecule has 0 aromatic heterocycles. The van der Waals surface area contributed by atoms with Crippen molar-refractivity contribution in [2.24, 2.45) is 0 Å². The smallest absolute Gasteiger partial charge is 0.147 e. The van der Waals surface area contributed by atoms with Crippen molar-refractivity contribution >= 4 is 17.5 Å². The highest BCUT2D eigenvalue weighted by Crippen LogP contribution is 2.26. The molecule has 0 aliphatic carbocycles. The van der Waals surface area contributed by atoms with Gasteiger partial charge in [0.15, 0.2) is 0 Å². The molecule has 1 heterocycles. The number of carbonyl (C=O) groups excluding carboxylic acids is 1. The summed E-state index contributed by atoms with van der Waals surface area (Å²) in [6.45, 7) is 2.85. The number of hydrogen-bond donors (Lipinski definition) is 0. The molecule has 18 heavy (non-hydrogen) atoms. The lowest BCUT2D eigenvalue weighted by Crippen LogP contribution is -2.16. The lowest BCUT2D eigenvalue weighted by molar-refractivity contribution is -0.116. The van der Waals surface area contributed by atoms with Gasteiger partial charge in [-0.3, -0.25) is 4.79 Å². The number of ketones is 1. The molecule has 1 aromatic rings. The predicted octanol–water partition coefficient (Wildman–Crippen LogP) is 2.85. The van der Waals surface area contributed by atoms with Crippen LogP contribution in [0, 0.1) is 5.82 Å². The van der Waals surface area contributed by atoms with Crippen LogP contribution < -0.4 is 0 Å². The average Bonchev–Trinajstić information content (AvgIpc) is 2.75. The van der Waals surface area contributed by atoms with Gasteiger partial charge in [-0.2, -0.15) is 0 Å². The average molecular weight is 268 g/mol. The lowest BCUT2D eigenvalue weighted by Gasteiger charge is -2.12. The van der Waals surface area contributed by atoms with Gasteiger partial charge in [0.25, 0.3) is 0 Å². The van der Waals surface area contributed by atoms with Crippen LogP contribution in [-0.4, -0.2) is 29.5 Å². The van der Waals surface area contributed by atoms with Gasteiger partial charge in [0.05, 0.1) is 11.9 Å². The third kappa shape index (κ3) is 3.82. The molecule has 0 radical (unpaired) electrons. The zero-order chi connectivity index (χ0) is 13.0. The van der Waals surface area contributed by atoms with Crippen LogP contribution in [0.4, 0.5) is 4.39 Å². The van der Waals surface area contributed by atoms with Gasteiger partial charge in [-0.15, -0.1) is 11.8 Å². The van der Waals surface area contributed by atoms with E-state index in [2.05, 4.69) is 6.92 Å². The summed E-state index contributed by atoms with van der Waals surface area (Å²) >= 11 is 1.67. The number of benzene rings is 1. The normalized spacial score (nSPS) is 23.2. The van der Waals surface area contributed by atoms with Crippen LogP contribution >= 0.6 is 11.8 Å². The Morgan fingerprint density at radius 2 is 2.17 bits per heavy atom. The molecule has 2 rings (SSSR count). The van der Waals surface area contributed by atoms with Gasteiger partial charge < -0.3 is 4.74 Å². The summed E-state index contributed by atoms with van der Waals surface area (Å²) in [5.41, 5.74) is 0.873. The molecule has 2 nitrogen and oxygen atoms in total. The molecule has 0 bridgehead atoms. The van der Waals surface area contributed by atoms with Crippen molar-refractivity contribution in [2.75, 3.05) is 12.4 Å². The van der Waals surface area contributed by atoms with Crippen LogP contribution in [0.2, 0.25) is 0 Å². The van der Waals surface area contributed by atoms with Crippen LogP contribution in [0.25, 0.3) is 0 Å². The van der Waals surface area contributed by atoms with Crippen molar-refractivity contribution < 1.29 is 13.9 Å². The molecule has 1 aromatic carbocycles. The van der Waals surface area contributed by atoms with E-state index in [-0.39, 0.29) is 17.7 Å². The fourth-order valence-electron chi connectivity index (χ4n) is 2.01. The number of halogens is 1. The first kappa shape index (κ1) is 13.6. The summed E-state index contributed by atoms with van der Waals surface area (Å²) in [6.07, 6.45) is 1.65. The Kier molecular flexibility index (Phi) is 4.78. The number of rotatable bonds is 5. The number of hydrogen-bond acceptors (Lipinski definition) is 3. The van der Waals surface area contributed by atoms with Gasteiger partial charge in [-0.1, -0.05) is 12.1 Å². The fraction of sp³-hybridized carbons (Fsp3) is 0.500. The van der Waals surface area contributed by atoms with Gasteiger partial charge in [0, 0.05) is 18.3 Å². The Morgan fingerprint density at radius 3 is 2.78 bits per heavy atom. The second-order valence-electron chi connectivity index (χ2n) is 4.56. The summed E-state index contributed by atoms with van der Waals surface area (Å²) in [5, 5.41) is 0.433. The molecule has 0 saturated carbocycles. The first-order valence-electron chi connectivity index (χ1n) is 6.14. The van der Waals surface area contributed by atoms with E-state index in [0.29, 0.717) is 17.4 Å². The largest absolute Gasteiger partial charge is 0.377 e. The molecule has 1 aliphatic rings. The summed E-state index contributed by atoms with van der Waals surface area (Å²) in [6, 6.07) is 6.11. The number of thioether (sulfide) groups is 1. The van der Waals surface area contributed by atoms with Crippen molar-refractivity contribution in [2.45, 2.75) is 31.1 Å². The highest BCUT2D eigenvalue weighted by molar-refractivity contribution is 8.00. The minimum absolute atomic E-state index is 0.186. The number of Topliss-reactive ketones (excluding diaryl/α,β-unsaturated/α-hetero) is 1. The van der Waals surface area contributed by atoms with Crippen molar-refractivity contribution in [3.63, 3.8) is 0 Å². The predicted molar refractivity (Wildman–Crippen MR) is 71.4 cm³/mol. The van der Waals surface area contributed by atoms with Gasteiger partial charge in [-0.25, -0.2) is 4.39 Å². The summed E-state index contributed by atoms with van der Waals surface area (Å²) in [5.74, 6) is 0.429. The molecular weight excluding hydrogens is 251 g/mol. The molecule has 1 fully saturated rings. The Bertz CT molecular complexity index is 405. The van der Waals surface area contributed by atoms with Crippen LogP contribution in [0.1, 0.15) is 18.9 Å². The monoisotopic (exact) mass is 268 g/mol. The van der Waals surface area contributed by atoms with Crippen LogP contribution in [-0.2, 0) is 16.0 Å². The first-order valence-corrected chi connectivity index (χ1v) is 7.19. The second kappa shape index (κ2) is 6.34. The zero-order valence-electron chi connectivity index (χ0n) is 10.4. The maximum absolute atomic E-state index is 12.7. The number of ether oxygens (including phenoxy) is 1. The molecule has 2 unspecified atom stereocenters. The number of carbonyl (C=O) groups is 1. The van der Waals surface area contributed by atoms with Crippen LogP contribution in [0.5, 0.6) is 0 Å².